The van der Waals surface area contributed by atoms with E-state index in [1.807, 2.05) is 18.3 Å². The molecule has 5 heterocycles. The molecule has 0 saturated carbocycles. The molecule has 176 valence electrons. The van der Waals surface area contributed by atoms with Crippen molar-refractivity contribution in [3.05, 3.63) is 30.2 Å². The van der Waals surface area contributed by atoms with Crippen molar-refractivity contribution in [3.8, 4) is 17.1 Å². The average molecular weight is 474 g/mol. The molecule has 0 bridgehead atoms. The molecule has 0 atom stereocenters. The van der Waals surface area contributed by atoms with E-state index in [2.05, 4.69) is 14.9 Å². The number of ether oxygens (including phenoxy) is 3. The summed E-state index contributed by atoms with van der Waals surface area (Å²) in [4.78, 5) is 19.3. The molecule has 5 rings (SSSR count). The van der Waals surface area contributed by atoms with Crippen LogP contribution in [0.2, 0.25) is 0 Å². The summed E-state index contributed by atoms with van der Waals surface area (Å²) in [6.45, 7) is 2.83. The number of hydrogen-bond donors (Lipinski definition) is 1. The zero-order valence-corrected chi connectivity index (χ0v) is 19.5. The van der Waals surface area contributed by atoms with Gasteiger partial charge in [-0.15, -0.1) is 0 Å². The Morgan fingerprint density at radius 2 is 2.03 bits per heavy atom. The molecule has 2 aliphatic heterocycles. The summed E-state index contributed by atoms with van der Waals surface area (Å²) in [7, 11) is -1.90. The molecule has 0 unspecified atom stereocenters. The Morgan fingerprint density at radius 3 is 2.79 bits per heavy atom. The summed E-state index contributed by atoms with van der Waals surface area (Å²) in [5.41, 5.74) is 1.90. The Morgan fingerprint density at radius 1 is 1.21 bits per heavy atom. The molecule has 0 aromatic carbocycles. The van der Waals surface area contributed by atoms with Crippen LogP contribution in [0.25, 0.3) is 22.4 Å². The number of rotatable bonds is 6. The van der Waals surface area contributed by atoms with Crippen molar-refractivity contribution in [1.29, 1.82) is 0 Å². The zero-order chi connectivity index (χ0) is 23.1. The highest BCUT2D eigenvalue weighted by Gasteiger charge is 2.49. The van der Waals surface area contributed by atoms with Crippen LogP contribution in [0.15, 0.2) is 24.5 Å². The Bertz CT molecular complexity index is 1270. The van der Waals surface area contributed by atoms with Crippen molar-refractivity contribution in [1.82, 2.24) is 19.9 Å². The topological polar surface area (TPSA) is 120 Å². The van der Waals surface area contributed by atoms with Crippen LogP contribution in [0.5, 0.6) is 5.75 Å². The lowest BCUT2D eigenvalue weighted by atomic mass is 9.93. The van der Waals surface area contributed by atoms with Gasteiger partial charge in [0.15, 0.2) is 27.2 Å². The summed E-state index contributed by atoms with van der Waals surface area (Å²) in [5, 5.41) is 0.865. The molecule has 10 nitrogen and oxygen atoms in total. The minimum absolute atomic E-state index is 0.312. The van der Waals surface area contributed by atoms with Crippen molar-refractivity contribution in [2.45, 2.75) is 17.6 Å². The lowest BCUT2D eigenvalue weighted by Crippen LogP contribution is -2.44. The first-order valence-electron chi connectivity index (χ1n) is 10.9. The number of H-pyrrole nitrogens is 1. The van der Waals surface area contributed by atoms with E-state index in [1.165, 1.54) is 6.26 Å². The van der Waals surface area contributed by atoms with Crippen LogP contribution in [-0.4, -0.2) is 81.2 Å². The second-order valence-corrected chi connectivity index (χ2v) is 10.7. The van der Waals surface area contributed by atoms with Crippen molar-refractivity contribution in [2.75, 3.05) is 57.8 Å². The fraction of sp³-hybridized carbons (Fsp3) is 0.500. The first-order chi connectivity index (χ1) is 15.9. The molecule has 0 radical (unpaired) electrons. The molecule has 1 saturated heterocycles. The fourth-order valence-electron chi connectivity index (χ4n) is 4.64. The highest BCUT2D eigenvalue weighted by molar-refractivity contribution is 7.91. The maximum Gasteiger partial charge on any atom is 0.185 e. The van der Waals surface area contributed by atoms with Gasteiger partial charge in [0.25, 0.3) is 0 Å². The van der Waals surface area contributed by atoms with E-state index in [9.17, 15) is 8.42 Å². The number of pyridine rings is 1. The van der Waals surface area contributed by atoms with Crippen LogP contribution in [0.1, 0.15) is 18.5 Å². The second-order valence-electron chi connectivity index (χ2n) is 8.35. The maximum absolute atomic E-state index is 13.2. The number of aromatic nitrogens is 4. The number of methoxy groups -OCH3 is 1. The zero-order valence-electron chi connectivity index (χ0n) is 18.7. The predicted octanol–water partition coefficient (Wildman–Crippen LogP) is 1.92. The molecular formula is C22H27N5O5S. The quantitative estimate of drug-likeness (QED) is 0.572. The van der Waals surface area contributed by atoms with E-state index < -0.39 is 14.6 Å². The number of nitrogens with zero attached hydrogens (tertiary/aromatic N) is 4. The Balaban J connectivity index is 1.78. The molecule has 1 fully saturated rings. The van der Waals surface area contributed by atoms with Crippen molar-refractivity contribution in [3.63, 3.8) is 0 Å². The summed E-state index contributed by atoms with van der Waals surface area (Å²) >= 11 is 0. The Labute approximate surface area is 192 Å². The normalized spacial score (nSPS) is 18.2. The first kappa shape index (κ1) is 22.1. The van der Waals surface area contributed by atoms with Crippen LogP contribution in [0.3, 0.4) is 0 Å². The van der Waals surface area contributed by atoms with Crippen LogP contribution in [0.4, 0.5) is 5.82 Å². The average Bonchev–Trinajstić information content (AvgIpc) is 3.31. The largest absolute Gasteiger partial charge is 0.486 e. The molecule has 2 aliphatic rings. The van der Waals surface area contributed by atoms with E-state index in [4.69, 9.17) is 24.2 Å². The van der Waals surface area contributed by atoms with E-state index in [0.29, 0.717) is 81.1 Å². The molecule has 3 aromatic rings. The monoisotopic (exact) mass is 473 g/mol. The van der Waals surface area contributed by atoms with Crippen molar-refractivity contribution in [2.24, 2.45) is 0 Å². The number of fused-ring (bicyclic) bond motifs is 2. The predicted molar refractivity (Wildman–Crippen MR) is 123 cm³/mol. The highest BCUT2D eigenvalue weighted by atomic mass is 32.2. The lowest BCUT2D eigenvalue weighted by molar-refractivity contribution is 0.0721. The van der Waals surface area contributed by atoms with Gasteiger partial charge in [0.1, 0.15) is 22.7 Å². The number of anilines is 1. The van der Waals surface area contributed by atoms with Gasteiger partial charge in [-0.05, 0) is 25.0 Å². The van der Waals surface area contributed by atoms with E-state index >= 15 is 0 Å². The number of aromatic amines is 1. The smallest absolute Gasteiger partial charge is 0.185 e. The van der Waals surface area contributed by atoms with Crippen molar-refractivity contribution < 1.29 is 22.6 Å². The summed E-state index contributed by atoms with van der Waals surface area (Å²) in [6.07, 6.45) is 5.40. The van der Waals surface area contributed by atoms with Gasteiger partial charge in [0.2, 0.25) is 0 Å². The van der Waals surface area contributed by atoms with Gasteiger partial charge in [-0.2, -0.15) is 0 Å². The summed E-state index contributed by atoms with van der Waals surface area (Å²) < 4.78 is 42.2. The Hall–Kier alpha value is -2.76. The second kappa shape index (κ2) is 8.54. The molecule has 0 amide bonds. The number of nitrogens with one attached hydrogen (secondary N) is 1. The van der Waals surface area contributed by atoms with Gasteiger partial charge in [-0.1, -0.05) is 0 Å². The van der Waals surface area contributed by atoms with Crippen LogP contribution in [0, 0.1) is 0 Å². The minimum Gasteiger partial charge on any atom is -0.486 e. The van der Waals surface area contributed by atoms with Gasteiger partial charge in [-0.3, -0.25) is 0 Å². The highest BCUT2D eigenvalue weighted by Crippen LogP contribution is 2.47. The molecule has 0 spiro atoms. The van der Waals surface area contributed by atoms with Gasteiger partial charge in [0, 0.05) is 56.5 Å². The SMILES string of the molecule is COCCN1CCOc2c1nc(-c1ccnc3[nH]ccc13)nc2C1(S(C)(=O)=O)CCOCC1. The number of sulfone groups is 1. The van der Waals surface area contributed by atoms with Crippen LogP contribution < -0.4 is 9.64 Å². The standard InChI is InChI=1S/C22H27N5O5S/c1-30-13-9-27-10-14-32-17-18(22(33(2,28)29)5-11-31-12-6-22)25-20(26-21(17)27)16-4-8-24-19-15(16)3-7-23-19/h3-4,7-8H,5-6,9-14H2,1-2H3,(H,23,24). The van der Waals surface area contributed by atoms with Gasteiger partial charge >= 0.3 is 0 Å². The number of hydrogen-bond acceptors (Lipinski definition) is 9. The van der Waals surface area contributed by atoms with Gasteiger partial charge < -0.3 is 24.1 Å². The van der Waals surface area contributed by atoms with Crippen LogP contribution >= 0.6 is 0 Å². The maximum atomic E-state index is 13.2. The van der Waals surface area contributed by atoms with Gasteiger partial charge in [-0.25, -0.2) is 23.4 Å². The van der Waals surface area contributed by atoms with E-state index in [-0.39, 0.29) is 0 Å². The molecule has 11 heteroatoms. The van der Waals surface area contributed by atoms with Crippen molar-refractivity contribution >= 4 is 26.7 Å². The third-order valence-electron chi connectivity index (χ3n) is 6.46. The third kappa shape index (κ3) is 3.73. The van der Waals surface area contributed by atoms with Gasteiger partial charge in [0.05, 0.1) is 13.2 Å². The minimum atomic E-state index is -3.55. The fourth-order valence-corrected chi connectivity index (χ4v) is 6.04. The summed E-state index contributed by atoms with van der Waals surface area (Å²) in [6, 6.07) is 3.77. The summed E-state index contributed by atoms with van der Waals surface area (Å²) in [5.74, 6) is 1.47. The third-order valence-corrected chi connectivity index (χ3v) is 8.48. The molecular weight excluding hydrogens is 446 g/mol. The molecule has 3 aromatic heterocycles. The molecule has 0 aliphatic carbocycles. The Kier molecular flexibility index (Phi) is 5.71. The van der Waals surface area contributed by atoms with E-state index in [0.717, 1.165) is 10.9 Å². The van der Waals surface area contributed by atoms with Crippen LogP contribution in [-0.2, 0) is 24.1 Å². The molecule has 1 N–H and O–H groups in total. The lowest BCUT2D eigenvalue weighted by Gasteiger charge is -2.38. The molecule has 33 heavy (non-hydrogen) atoms. The van der Waals surface area contributed by atoms with E-state index in [1.54, 1.807) is 13.3 Å². The first-order valence-corrected chi connectivity index (χ1v) is 12.8.